The molecule has 0 saturated carbocycles. The highest BCUT2D eigenvalue weighted by atomic mass is 16.5. The second-order valence-corrected chi connectivity index (χ2v) is 6.75. The minimum atomic E-state index is 0.416. The van der Waals surface area contributed by atoms with Gasteiger partial charge in [-0.1, -0.05) is 6.07 Å². The molecule has 0 amide bonds. The number of nitrogens with one attached hydrogen (secondary N) is 1. The lowest BCUT2D eigenvalue weighted by molar-refractivity contribution is 0.185. The Morgan fingerprint density at radius 1 is 1.28 bits per heavy atom. The number of nitrogens with zero attached hydrogens (tertiary/aromatic N) is 5. The zero-order valence-corrected chi connectivity index (χ0v) is 16.3. The molecule has 9 heteroatoms. The third kappa shape index (κ3) is 4.29. The van der Waals surface area contributed by atoms with Gasteiger partial charge in [-0.05, 0) is 44.0 Å². The highest BCUT2D eigenvalue weighted by Gasteiger charge is 2.09. The molecule has 4 aromatic rings. The fourth-order valence-corrected chi connectivity index (χ4v) is 3.08. The van der Waals surface area contributed by atoms with Crippen molar-refractivity contribution in [1.29, 1.82) is 0 Å². The minimum Gasteiger partial charge on any atom is -0.480 e. The molecule has 0 bridgehead atoms. The molecule has 0 atom stereocenters. The topological polar surface area (TPSA) is 117 Å². The van der Waals surface area contributed by atoms with Crippen molar-refractivity contribution in [2.45, 2.75) is 32.9 Å². The first-order valence-electron chi connectivity index (χ1n) is 9.43. The number of anilines is 1. The Balaban J connectivity index is 1.19. The molecule has 3 heterocycles. The smallest absolute Gasteiger partial charge is 0.181 e. The molecule has 3 N–H and O–H groups in total. The number of aryl methyl sites for hydroxylation is 2. The van der Waals surface area contributed by atoms with E-state index in [-0.39, 0.29) is 0 Å². The summed E-state index contributed by atoms with van der Waals surface area (Å²) in [6.45, 7) is 7.71. The van der Waals surface area contributed by atoms with Crippen LogP contribution in [-0.2, 0) is 17.8 Å². The summed E-state index contributed by atoms with van der Waals surface area (Å²) >= 11 is 0. The molecule has 4 rings (SSSR count). The Hall–Kier alpha value is -3.62. The number of ether oxygens (including phenoxy) is 1. The van der Waals surface area contributed by atoms with Crippen LogP contribution in [0, 0.1) is 6.92 Å². The molecule has 0 aliphatic heterocycles. The van der Waals surface area contributed by atoms with Crippen molar-refractivity contribution in [2.75, 3.05) is 12.3 Å². The molecule has 29 heavy (non-hydrogen) atoms. The van der Waals surface area contributed by atoms with Crippen LogP contribution in [0.25, 0.3) is 22.3 Å². The van der Waals surface area contributed by atoms with E-state index in [1.165, 1.54) is 6.39 Å². The first kappa shape index (κ1) is 18.7. The summed E-state index contributed by atoms with van der Waals surface area (Å²) in [6.07, 6.45) is 5.00. The van der Waals surface area contributed by atoms with Gasteiger partial charge in [0.15, 0.2) is 29.3 Å². The Morgan fingerprint density at radius 2 is 2.17 bits per heavy atom. The van der Waals surface area contributed by atoms with E-state index in [9.17, 15) is 0 Å². The number of aromatic nitrogens is 5. The van der Waals surface area contributed by atoms with Crippen LogP contribution in [0.5, 0.6) is 0 Å². The quantitative estimate of drug-likeness (QED) is 0.329. The van der Waals surface area contributed by atoms with Crippen molar-refractivity contribution < 1.29 is 9.15 Å². The van der Waals surface area contributed by atoms with Gasteiger partial charge in [0.05, 0.1) is 12.9 Å². The lowest BCUT2D eigenvalue weighted by Gasteiger charge is -2.11. The average Bonchev–Trinajstić information content (AvgIpc) is 3.32. The van der Waals surface area contributed by atoms with Gasteiger partial charge in [-0.2, -0.15) is 0 Å². The number of oxazole rings is 1. The van der Waals surface area contributed by atoms with Crippen LogP contribution in [0.1, 0.15) is 24.2 Å². The Labute approximate surface area is 167 Å². The predicted octanol–water partition coefficient (Wildman–Crippen LogP) is 2.92. The standard InChI is InChI=1S/C20H23N7O2/c1-13-25-19(21)18-20(26-13)27(11-23-18)7-3-4-8-28-14(2)22-10-15-5-6-16-17(9-15)29-12-24-16/h5-6,9,11-12,22H,2-4,7-8,10H2,1H3,(H2,21,25,26). The third-order valence-electron chi connectivity index (χ3n) is 4.56. The maximum absolute atomic E-state index is 5.90. The molecule has 150 valence electrons. The van der Waals surface area contributed by atoms with E-state index >= 15 is 0 Å². The first-order valence-corrected chi connectivity index (χ1v) is 9.43. The zero-order valence-electron chi connectivity index (χ0n) is 16.3. The Bertz CT molecular complexity index is 1150. The van der Waals surface area contributed by atoms with Crippen molar-refractivity contribution >= 4 is 28.1 Å². The van der Waals surface area contributed by atoms with Crippen molar-refractivity contribution in [2.24, 2.45) is 0 Å². The van der Waals surface area contributed by atoms with Crippen molar-refractivity contribution in [3.63, 3.8) is 0 Å². The maximum Gasteiger partial charge on any atom is 0.181 e. The van der Waals surface area contributed by atoms with Gasteiger partial charge in [0, 0.05) is 13.1 Å². The van der Waals surface area contributed by atoms with Crippen LogP contribution in [0.2, 0.25) is 0 Å². The molecule has 1 aromatic carbocycles. The molecule has 0 spiro atoms. The summed E-state index contributed by atoms with van der Waals surface area (Å²) in [5.41, 5.74) is 10.0. The lowest BCUT2D eigenvalue weighted by atomic mass is 10.2. The molecule has 0 unspecified atom stereocenters. The lowest BCUT2D eigenvalue weighted by Crippen LogP contribution is -2.15. The molecule has 9 nitrogen and oxygen atoms in total. The van der Waals surface area contributed by atoms with Gasteiger partial charge in [0.1, 0.15) is 16.9 Å². The van der Waals surface area contributed by atoms with Crippen molar-refractivity contribution in [1.82, 2.24) is 29.8 Å². The van der Waals surface area contributed by atoms with E-state index in [2.05, 4.69) is 31.8 Å². The largest absolute Gasteiger partial charge is 0.480 e. The van der Waals surface area contributed by atoms with Gasteiger partial charge in [-0.3, -0.25) is 0 Å². The van der Waals surface area contributed by atoms with E-state index in [1.54, 1.807) is 6.33 Å². The number of hydrogen-bond donors (Lipinski definition) is 2. The first-order chi connectivity index (χ1) is 14.1. The molecule has 0 radical (unpaired) electrons. The SMILES string of the molecule is C=C(NCc1ccc2ncoc2c1)OCCCCn1cnc2c(N)nc(C)nc21. The summed E-state index contributed by atoms with van der Waals surface area (Å²) in [7, 11) is 0. The van der Waals surface area contributed by atoms with Gasteiger partial charge < -0.3 is 24.8 Å². The number of hydrogen-bond acceptors (Lipinski definition) is 8. The molecular weight excluding hydrogens is 370 g/mol. The molecule has 0 saturated heterocycles. The summed E-state index contributed by atoms with van der Waals surface area (Å²) in [4.78, 5) is 17.0. The van der Waals surface area contributed by atoms with Crippen LogP contribution in [0.3, 0.4) is 0 Å². The summed E-state index contributed by atoms with van der Waals surface area (Å²) < 4.78 is 13.0. The second kappa shape index (κ2) is 8.17. The van der Waals surface area contributed by atoms with E-state index in [0.29, 0.717) is 36.2 Å². The number of fused-ring (bicyclic) bond motifs is 2. The Morgan fingerprint density at radius 3 is 3.07 bits per heavy atom. The number of benzene rings is 1. The number of nitrogen functional groups attached to an aromatic ring is 1. The summed E-state index contributed by atoms with van der Waals surface area (Å²) in [6, 6.07) is 5.88. The van der Waals surface area contributed by atoms with E-state index in [0.717, 1.165) is 41.7 Å². The molecule has 3 aromatic heterocycles. The van der Waals surface area contributed by atoms with Gasteiger partial charge >= 0.3 is 0 Å². The highest BCUT2D eigenvalue weighted by Crippen LogP contribution is 2.17. The molecular formula is C20H23N7O2. The van der Waals surface area contributed by atoms with Crippen LogP contribution in [0.4, 0.5) is 5.82 Å². The molecule has 0 fully saturated rings. The number of imidazole rings is 1. The predicted molar refractivity (Wildman–Crippen MR) is 110 cm³/mol. The minimum absolute atomic E-state index is 0.416. The van der Waals surface area contributed by atoms with Crippen LogP contribution in [-0.4, -0.2) is 31.1 Å². The fourth-order valence-electron chi connectivity index (χ4n) is 3.08. The van der Waals surface area contributed by atoms with Crippen LogP contribution in [0.15, 0.2) is 47.8 Å². The van der Waals surface area contributed by atoms with E-state index in [1.807, 2.05) is 29.7 Å². The number of unbranched alkanes of at least 4 members (excludes halogenated alkanes) is 1. The summed E-state index contributed by atoms with van der Waals surface area (Å²) in [5.74, 6) is 1.61. The van der Waals surface area contributed by atoms with Gasteiger partial charge in [0.2, 0.25) is 0 Å². The van der Waals surface area contributed by atoms with Gasteiger partial charge in [0.25, 0.3) is 0 Å². The number of rotatable bonds is 9. The molecule has 0 aliphatic carbocycles. The zero-order chi connectivity index (χ0) is 20.2. The van der Waals surface area contributed by atoms with Crippen molar-refractivity contribution in [3.8, 4) is 0 Å². The van der Waals surface area contributed by atoms with Crippen LogP contribution < -0.4 is 11.1 Å². The highest BCUT2D eigenvalue weighted by molar-refractivity contribution is 5.81. The van der Waals surface area contributed by atoms with Crippen molar-refractivity contribution in [3.05, 3.63) is 54.8 Å². The second-order valence-electron chi connectivity index (χ2n) is 6.75. The number of nitrogens with two attached hydrogens (primary N) is 1. The monoisotopic (exact) mass is 393 g/mol. The normalized spacial score (nSPS) is 11.2. The molecule has 0 aliphatic rings. The van der Waals surface area contributed by atoms with E-state index in [4.69, 9.17) is 14.9 Å². The third-order valence-corrected chi connectivity index (χ3v) is 4.56. The fraction of sp³-hybridized carbons (Fsp3) is 0.300. The maximum atomic E-state index is 5.90. The Kier molecular flexibility index (Phi) is 5.28. The van der Waals surface area contributed by atoms with Crippen LogP contribution >= 0.6 is 0 Å². The van der Waals surface area contributed by atoms with Gasteiger partial charge in [-0.25, -0.2) is 19.9 Å². The summed E-state index contributed by atoms with van der Waals surface area (Å²) in [5, 5.41) is 3.17. The average molecular weight is 393 g/mol. The van der Waals surface area contributed by atoms with E-state index < -0.39 is 0 Å². The van der Waals surface area contributed by atoms with Gasteiger partial charge in [-0.15, -0.1) is 0 Å².